The lowest BCUT2D eigenvalue weighted by Crippen LogP contribution is -2.45. The summed E-state index contributed by atoms with van der Waals surface area (Å²) in [7, 11) is 1.34. The van der Waals surface area contributed by atoms with E-state index in [-0.39, 0.29) is 40.8 Å². The van der Waals surface area contributed by atoms with E-state index in [9.17, 15) is 23.9 Å². The first-order chi connectivity index (χ1) is 18.1. The minimum absolute atomic E-state index is 0.0235. The predicted octanol–water partition coefficient (Wildman–Crippen LogP) is 4.52. The number of rotatable bonds is 7. The number of benzene rings is 2. The molecule has 1 heterocycles. The summed E-state index contributed by atoms with van der Waals surface area (Å²) in [6.45, 7) is 5.13. The van der Waals surface area contributed by atoms with Crippen molar-refractivity contribution in [2.45, 2.75) is 33.2 Å². The number of ether oxygens (including phenoxy) is 2. The highest BCUT2D eigenvalue weighted by Crippen LogP contribution is 2.35. The SMILES string of the molecule is COC1=CC(C)CC(F)=C1n1nnn(C(=O)N(c2cc(C(=O)O)ccc2Oc2ccccc2)C(C)C)c1=O. The number of aromatic carboxylic acids is 1. The largest absolute Gasteiger partial charge is 0.495 e. The van der Waals surface area contributed by atoms with Crippen molar-refractivity contribution in [2.24, 2.45) is 5.92 Å². The molecule has 0 aliphatic heterocycles. The number of hydrogen-bond acceptors (Lipinski definition) is 7. The molecule has 1 unspecified atom stereocenters. The highest BCUT2D eigenvalue weighted by atomic mass is 19.1. The molecule has 1 aliphatic carbocycles. The molecule has 1 aliphatic rings. The highest BCUT2D eigenvalue weighted by Gasteiger charge is 2.31. The van der Waals surface area contributed by atoms with Gasteiger partial charge >= 0.3 is 17.7 Å². The Morgan fingerprint density at radius 2 is 1.87 bits per heavy atom. The number of para-hydroxylation sites is 1. The molecule has 0 spiro atoms. The fourth-order valence-corrected chi connectivity index (χ4v) is 4.04. The normalized spacial score (nSPS) is 15.3. The van der Waals surface area contributed by atoms with E-state index in [0.717, 1.165) is 4.90 Å². The number of carboxylic acid groups (broad SMARTS) is 1. The number of tetrazole rings is 1. The second kappa shape index (κ2) is 10.7. The number of nitrogens with zero attached hydrogens (tertiary/aromatic N) is 5. The molecule has 38 heavy (non-hydrogen) atoms. The fourth-order valence-electron chi connectivity index (χ4n) is 4.04. The molecule has 0 radical (unpaired) electrons. The van der Waals surface area contributed by atoms with Crippen molar-refractivity contribution in [1.29, 1.82) is 0 Å². The van der Waals surface area contributed by atoms with Crippen LogP contribution in [0.15, 0.2) is 71.0 Å². The van der Waals surface area contributed by atoms with Gasteiger partial charge in [-0.1, -0.05) is 25.1 Å². The van der Waals surface area contributed by atoms with E-state index in [2.05, 4.69) is 10.4 Å². The zero-order valence-corrected chi connectivity index (χ0v) is 21.2. The first-order valence-corrected chi connectivity index (χ1v) is 11.8. The summed E-state index contributed by atoms with van der Waals surface area (Å²) in [5.41, 5.74) is -1.27. The van der Waals surface area contributed by atoms with Crippen LogP contribution in [0.3, 0.4) is 0 Å². The maximum atomic E-state index is 14.9. The molecule has 1 N–H and O–H groups in total. The van der Waals surface area contributed by atoms with Gasteiger partial charge in [0.05, 0.1) is 18.4 Å². The number of anilines is 1. The number of amides is 1. The molecule has 0 bridgehead atoms. The van der Waals surface area contributed by atoms with Gasteiger partial charge in [0, 0.05) is 12.5 Å². The van der Waals surface area contributed by atoms with E-state index in [1.165, 1.54) is 25.3 Å². The van der Waals surface area contributed by atoms with E-state index >= 15 is 0 Å². The van der Waals surface area contributed by atoms with E-state index in [0.29, 0.717) is 15.1 Å². The van der Waals surface area contributed by atoms with Crippen LogP contribution in [-0.4, -0.2) is 50.0 Å². The number of hydrogen-bond donors (Lipinski definition) is 1. The van der Waals surface area contributed by atoms with Crippen molar-refractivity contribution in [2.75, 3.05) is 12.0 Å². The first kappa shape index (κ1) is 26.3. The van der Waals surface area contributed by atoms with Gasteiger partial charge in [0.1, 0.15) is 23.0 Å². The molecule has 0 saturated carbocycles. The Kier molecular flexibility index (Phi) is 7.42. The lowest BCUT2D eigenvalue weighted by molar-refractivity contribution is 0.0696. The van der Waals surface area contributed by atoms with Crippen LogP contribution in [0.4, 0.5) is 14.9 Å². The van der Waals surface area contributed by atoms with Gasteiger partial charge in [-0.2, -0.15) is 4.68 Å². The monoisotopic (exact) mass is 523 g/mol. The van der Waals surface area contributed by atoms with Gasteiger partial charge in [0.15, 0.2) is 5.75 Å². The van der Waals surface area contributed by atoms with Crippen molar-refractivity contribution < 1.29 is 28.6 Å². The van der Waals surface area contributed by atoms with Gasteiger partial charge in [0.25, 0.3) is 0 Å². The maximum absolute atomic E-state index is 14.9. The van der Waals surface area contributed by atoms with E-state index in [1.54, 1.807) is 57.2 Å². The van der Waals surface area contributed by atoms with Crippen molar-refractivity contribution in [3.63, 3.8) is 0 Å². The van der Waals surface area contributed by atoms with Gasteiger partial charge in [-0.25, -0.2) is 18.8 Å². The summed E-state index contributed by atoms with van der Waals surface area (Å²) in [4.78, 5) is 39.8. The average molecular weight is 524 g/mol. The molecule has 12 heteroatoms. The second-order valence-electron chi connectivity index (χ2n) is 8.90. The van der Waals surface area contributed by atoms with Gasteiger partial charge in [-0.05, 0) is 66.6 Å². The Hall–Kier alpha value is -4.74. The number of halogens is 1. The van der Waals surface area contributed by atoms with Crippen LogP contribution < -0.4 is 15.3 Å². The number of methoxy groups -OCH3 is 1. The third kappa shape index (κ3) is 5.05. The van der Waals surface area contributed by atoms with Crippen molar-refractivity contribution in [1.82, 2.24) is 19.8 Å². The van der Waals surface area contributed by atoms with E-state index < -0.39 is 29.6 Å². The minimum Gasteiger partial charge on any atom is -0.495 e. The van der Waals surface area contributed by atoms with Crippen LogP contribution in [-0.2, 0) is 4.74 Å². The molecule has 0 fully saturated rings. The van der Waals surface area contributed by atoms with Crippen molar-refractivity contribution in [3.8, 4) is 11.5 Å². The summed E-state index contributed by atoms with van der Waals surface area (Å²) in [6, 6.07) is 11.2. The quantitative estimate of drug-likeness (QED) is 0.448. The zero-order valence-electron chi connectivity index (χ0n) is 21.2. The molecular formula is C26H26FN5O6. The molecule has 1 amide bonds. The average Bonchev–Trinajstić information content (AvgIpc) is 3.25. The number of carbonyl (C=O) groups excluding carboxylic acids is 1. The third-order valence-electron chi connectivity index (χ3n) is 5.78. The van der Waals surface area contributed by atoms with Crippen LogP contribution in [0, 0.1) is 5.92 Å². The van der Waals surface area contributed by atoms with E-state index in [4.69, 9.17) is 9.47 Å². The van der Waals surface area contributed by atoms with Crippen molar-refractivity contribution >= 4 is 23.4 Å². The Labute approximate surface area is 217 Å². The Balaban J connectivity index is 1.80. The molecule has 11 nitrogen and oxygen atoms in total. The van der Waals surface area contributed by atoms with Gasteiger partial charge < -0.3 is 14.6 Å². The standard InChI is InChI=1S/C26H26FN5O6/c1-15(2)30(20-14-17(24(33)34)10-11-21(20)38-18-8-6-5-7-9-18)25(35)32-26(36)31(28-29-32)23-19(27)12-16(3)13-22(23)37-4/h5-11,13-16H,12H2,1-4H3,(H,33,34). The summed E-state index contributed by atoms with van der Waals surface area (Å²) in [5, 5.41) is 17.0. The maximum Gasteiger partial charge on any atom is 0.377 e. The highest BCUT2D eigenvalue weighted by molar-refractivity contribution is 5.97. The molecule has 198 valence electrons. The van der Waals surface area contributed by atoms with Crippen LogP contribution in [0.2, 0.25) is 0 Å². The number of carbonyl (C=O) groups is 2. The van der Waals surface area contributed by atoms with Gasteiger partial charge in [-0.3, -0.25) is 4.90 Å². The van der Waals surface area contributed by atoms with Crippen molar-refractivity contribution in [3.05, 3.63) is 82.2 Å². The van der Waals surface area contributed by atoms with Gasteiger partial charge in [-0.15, -0.1) is 4.68 Å². The third-order valence-corrected chi connectivity index (χ3v) is 5.78. The second-order valence-corrected chi connectivity index (χ2v) is 8.90. The summed E-state index contributed by atoms with van der Waals surface area (Å²) in [6.07, 6.45) is 1.67. The molecule has 1 aromatic heterocycles. The van der Waals surface area contributed by atoms with Crippen LogP contribution in [0.5, 0.6) is 11.5 Å². The molecule has 1 atom stereocenters. The number of aromatic nitrogens is 4. The van der Waals surface area contributed by atoms with Crippen LogP contribution >= 0.6 is 0 Å². The smallest absolute Gasteiger partial charge is 0.377 e. The molecule has 0 saturated heterocycles. The first-order valence-electron chi connectivity index (χ1n) is 11.8. The molecule has 2 aromatic carbocycles. The number of carboxylic acids is 1. The van der Waals surface area contributed by atoms with Crippen LogP contribution in [0.25, 0.3) is 5.70 Å². The molecule has 3 aromatic rings. The topological polar surface area (TPSA) is 129 Å². The minimum atomic E-state index is -1.22. The molecular weight excluding hydrogens is 497 g/mol. The lowest BCUT2D eigenvalue weighted by atomic mass is 9.99. The summed E-state index contributed by atoms with van der Waals surface area (Å²) in [5.74, 6) is -1.30. The lowest BCUT2D eigenvalue weighted by Gasteiger charge is -2.28. The summed E-state index contributed by atoms with van der Waals surface area (Å²) < 4.78 is 27.2. The molecule has 4 rings (SSSR count). The van der Waals surface area contributed by atoms with E-state index in [1.807, 2.05) is 0 Å². The Morgan fingerprint density at radius 1 is 1.16 bits per heavy atom. The van der Waals surface area contributed by atoms with Gasteiger partial charge in [0.2, 0.25) is 0 Å². The van der Waals surface area contributed by atoms with Crippen LogP contribution in [0.1, 0.15) is 37.6 Å². The Morgan fingerprint density at radius 3 is 2.50 bits per heavy atom. The number of allylic oxidation sites excluding steroid dienone is 3. The zero-order chi connectivity index (χ0) is 27.6. The Bertz CT molecular complexity index is 1490. The summed E-state index contributed by atoms with van der Waals surface area (Å²) >= 11 is 0. The predicted molar refractivity (Wildman–Crippen MR) is 136 cm³/mol. The fraction of sp³-hybridized carbons (Fsp3) is 0.269.